The fraction of sp³-hybridized carbons (Fsp3) is 0.100. The van der Waals surface area contributed by atoms with Crippen LogP contribution in [0.4, 0.5) is 10.2 Å². The van der Waals surface area contributed by atoms with Gasteiger partial charge in [-0.3, -0.25) is 5.10 Å². The lowest BCUT2D eigenvalue weighted by molar-refractivity contribution is 0.411. The van der Waals surface area contributed by atoms with Gasteiger partial charge in [-0.1, -0.05) is 0 Å². The molecule has 2 aromatic rings. The van der Waals surface area contributed by atoms with Crippen LogP contribution < -0.4 is 10.5 Å². The number of aromatic nitrogens is 2. The van der Waals surface area contributed by atoms with Gasteiger partial charge in [-0.2, -0.15) is 5.10 Å². The molecule has 0 aliphatic rings. The number of nitrogen functional groups attached to an aromatic ring is 1. The van der Waals surface area contributed by atoms with E-state index in [2.05, 4.69) is 10.2 Å². The number of halogens is 1. The fourth-order valence-corrected chi connectivity index (χ4v) is 1.36. The Morgan fingerprint density at radius 2 is 2.20 bits per heavy atom. The molecule has 0 fully saturated rings. The Labute approximate surface area is 85.9 Å². The molecule has 4 nitrogen and oxygen atoms in total. The predicted molar refractivity (Wildman–Crippen MR) is 54.9 cm³/mol. The molecule has 2 rings (SSSR count). The molecule has 1 heterocycles. The number of H-pyrrole nitrogens is 1. The van der Waals surface area contributed by atoms with Gasteiger partial charge in [0.1, 0.15) is 17.4 Å². The van der Waals surface area contributed by atoms with Crippen LogP contribution in [0.5, 0.6) is 5.75 Å². The maximum atomic E-state index is 13.2. The first-order valence-corrected chi connectivity index (χ1v) is 4.34. The van der Waals surface area contributed by atoms with E-state index in [-0.39, 0.29) is 5.82 Å². The normalized spacial score (nSPS) is 10.3. The van der Waals surface area contributed by atoms with Gasteiger partial charge in [-0.05, 0) is 17.7 Å². The van der Waals surface area contributed by atoms with Crippen LogP contribution in [0, 0.1) is 5.82 Å². The van der Waals surface area contributed by atoms with Gasteiger partial charge in [0.25, 0.3) is 0 Å². The molecule has 1 aromatic heterocycles. The molecule has 78 valence electrons. The number of ether oxygens (including phenoxy) is 1. The zero-order valence-corrected chi connectivity index (χ0v) is 8.12. The minimum Gasteiger partial charge on any atom is -0.497 e. The molecule has 5 heteroatoms. The van der Waals surface area contributed by atoms with E-state index in [1.807, 2.05) is 0 Å². The number of methoxy groups -OCH3 is 1. The van der Waals surface area contributed by atoms with Gasteiger partial charge in [0.2, 0.25) is 0 Å². The fourth-order valence-electron chi connectivity index (χ4n) is 1.36. The first-order chi connectivity index (χ1) is 7.20. The first-order valence-electron chi connectivity index (χ1n) is 4.34. The molecule has 0 unspecified atom stereocenters. The second-order valence-corrected chi connectivity index (χ2v) is 3.08. The number of rotatable bonds is 2. The van der Waals surface area contributed by atoms with Crippen LogP contribution in [-0.4, -0.2) is 17.3 Å². The summed E-state index contributed by atoms with van der Waals surface area (Å²) in [6.07, 6.45) is 1.55. The molecule has 0 amide bonds. The molecule has 0 saturated carbocycles. The van der Waals surface area contributed by atoms with Gasteiger partial charge in [-0.15, -0.1) is 0 Å². The highest BCUT2D eigenvalue weighted by Gasteiger charge is 2.07. The van der Waals surface area contributed by atoms with E-state index in [4.69, 9.17) is 10.5 Å². The molecular formula is C10H10FN3O. The molecule has 0 bridgehead atoms. The minimum atomic E-state index is -0.370. The molecule has 3 N–H and O–H groups in total. The number of nitrogens with one attached hydrogen (secondary N) is 1. The summed E-state index contributed by atoms with van der Waals surface area (Å²) >= 11 is 0. The van der Waals surface area contributed by atoms with E-state index in [1.54, 1.807) is 12.3 Å². The summed E-state index contributed by atoms with van der Waals surface area (Å²) in [5, 5.41) is 6.36. The Morgan fingerprint density at radius 3 is 2.80 bits per heavy atom. The number of nitrogens with two attached hydrogens (primary N) is 1. The highest BCUT2D eigenvalue weighted by molar-refractivity contribution is 5.73. The van der Waals surface area contributed by atoms with E-state index in [0.29, 0.717) is 22.7 Å². The minimum absolute atomic E-state index is 0.370. The van der Waals surface area contributed by atoms with Crippen LogP contribution in [0.1, 0.15) is 0 Å². The van der Waals surface area contributed by atoms with Crippen LogP contribution in [0.3, 0.4) is 0 Å². The Morgan fingerprint density at radius 1 is 1.40 bits per heavy atom. The third-order valence-corrected chi connectivity index (χ3v) is 2.09. The molecule has 1 aromatic carbocycles. The van der Waals surface area contributed by atoms with Gasteiger partial charge in [0, 0.05) is 11.6 Å². The van der Waals surface area contributed by atoms with Crippen LogP contribution in [0.25, 0.3) is 11.1 Å². The Kier molecular flexibility index (Phi) is 2.29. The summed E-state index contributed by atoms with van der Waals surface area (Å²) in [5.41, 5.74) is 6.93. The van der Waals surface area contributed by atoms with Crippen LogP contribution in [0.15, 0.2) is 24.4 Å². The maximum Gasteiger partial charge on any atom is 0.127 e. The predicted octanol–water partition coefficient (Wildman–Crippen LogP) is 1.81. The second-order valence-electron chi connectivity index (χ2n) is 3.08. The quantitative estimate of drug-likeness (QED) is 0.789. The van der Waals surface area contributed by atoms with Crippen LogP contribution in [-0.2, 0) is 0 Å². The highest BCUT2D eigenvalue weighted by atomic mass is 19.1. The number of hydrogen-bond donors (Lipinski definition) is 2. The van der Waals surface area contributed by atoms with E-state index in [1.165, 1.54) is 19.2 Å². The molecule has 0 aliphatic carbocycles. The van der Waals surface area contributed by atoms with Crippen molar-refractivity contribution in [1.82, 2.24) is 10.2 Å². The monoisotopic (exact) mass is 207 g/mol. The summed E-state index contributed by atoms with van der Waals surface area (Å²) in [4.78, 5) is 0. The molecule has 0 aliphatic heterocycles. The summed E-state index contributed by atoms with van der Waals surface area (Å²) in [6, 6.07) is 4.38. The van der Waals surface area contributed by atoms with Crippen molar-refractivity contribution in [2.24, 2.45) is 0 Å². The van der Waals surface area contributed by atoms with E-state index >= 15 is 0 Å². The number of hydrogen-bond acceptors (Lipinski definition) is 3. The van der Waals surface area contributed by atoms with Gasteiger partial charge < -0.3 is 10.5 Å². The van der Waals surface area contributed by atoms with Crippen molar-refractivity contribution in [2.45, 2.75) is 0 Å². The Balaban J connectivity index is 2.53. The molecule has 0 radical (unpaired) electrons. The molecule has 0 atom stereocenters. The molecule has 15 heavy (non-hydrogen) atoms. The Hall–Kier alpha value is -2.04. The van der Waals surface area contributed by atoms with Gasteiger partial charge in [0.05, 0.1) is 13.3 Å². The summed E-state index contributed by atoms with van der Waals surface area (Å²) in [6.45, 7) is 0. The van der Waals surface area contributed by atoms with Crippen molar-refractivity contribution >= 4 is 5.82 Å². The van der Waals surface area contributed by atoms with Gasteiger partial charge in [-0.25, -0.2) is 4.39 Å². The van der Waals surface area contributed by atoms with Crippen molar-refractivity contribution in [3.63, 3.8) is 0 Å². The average molecular weight is 207 g/mol. The highest BCUT2D eigenvalue weighted by Crippen LogP contribution is 2.28. The number of nitrogens with zero attached hydrogens (tertiary/aromatic N) is 1. The number of benzene rings is 1. The molecule has 0 saturated heterocycles. The largest absolute Gasteiger partial charge is 0.497 e. The maximum absolute atomic E-state index is 13.2. The third-order valence-electron chi connectivity index (χ3n) is 2.09. The zero-order valence-electron chi connectivity index (χ0n) is 8.12. The van der Waals surface area contributed by atoms with Crippen molar-refractivity contribution in [2.75, 3.05) is 12.8 Å². The third kappa shape index (κ3) is 1.76. The zero-order chi connectivity index (χ0) is 10.8. The average Bonchev–Trinajstić information content (AvgIpc) is 2.63. The summed E-state index contributed by atoms with van der Waals surface area (Å²) < 4.78 is 18.1. The topological polar surface area (TPSA) is 63.9 Å². The SMILES string of the molecule is COc1cc(F)cc(-c2cn[nH]c2N)c1. The summed E-state index contributed by atoms with van der Waals surface area (Å²) in [7, 11) is 1.48. The van der Waals surface area contributed by atoms with E-state index in [0.717, 1.165) is 0 Å². The number of anilines is 1. The van der Waals surface area contributed by atoms with Crippen LogP contribution in [0.2, 0.25) is 0 Å². The first kappa shape index (κ1) is 9.51. The second kappa shape index (κ2) is 3.61. The lowest BCUT2D eigenvalue weighted by atomic mass is 10.1. The lowest BCUT2D eigenvalue weighted by Crippen LogP contribution is -1.90. The van der Waals surface area contributed by atoms with Crippen LogP contribution >= 0.6 is 0 Å². The van der Waals surface area contributed by atoms with E-state index < -0.39 is 0 Å². The van der Waals surface area contributed by atoms with Gasteiger partial charge in [0.15, 0.2) is 0 Å². The van der Waals surface area contributed by atoms with Crippen molar-refractivity contribution in [3.8, 4) is 16.9 Å². The number of aromatic amines is 1. The molecule has 0 spiro atoms. The van der Waals surface area contributed by atoms with Crippen molar-refractivity contribution in [3.05, 3.63) is 30.2 Å². The lowest BCUT2D eigenvalue weighted by Gasteiger charge is -2.04. The van der Waals surface area contributed by atoms with Gasteiger partial charge >= 0.3 is 0 Å². The molecular weight excluding hydrogens is 197 g/mol. The Bertz CT molecular complexity index is 481. The smallest absolute Gasteiger partial charge is 0.127 e. The van der Waals surface area contributed by atoms with E-state index in [9.17, 15) is 4.39 Å². The van der Waals surface area contributed by atoms with Crippen molar-refractivity contribution in [1.29, 1.82) is 0 Å². The summed E-state index contributed by atoms with van der Waals surface area (Å²) in [5.74, 6) is 0.484. The van der Waals surface area contributed by atoms with Crippen molar-refractivity contribution < 1.29 is 9.13 Å². The standard InChI is InChI=1S/C10H10FN3O/c1-15-8-3-6(2-7(11)4-8)9-5-13-14-10(9)12/h2-5H,1H3,(H3,12,13,14).